The summed E-state index contributed by atoms with van der Waals surface area (Å²) in [5.41, 5.74) is 1.67. The average molecular weight is 337 g/mol. The van der Waals surface area contributed by atoms with E-state index in [1.54, 1.807) is 6.07 Å². The number of aromatic carboxylic acids is 1. The van der Waals surface area contributed by atoms with Crippen LogP contribution in [0.15, 0.2) is 24.3 Å². The fourth-order valence-corrected chi connectivity index (χ4v) is 8.32. The van der Waals surface area contributed by atoms with E-state index in [-0.39, 0.29) is 0 Å². The van der Waals surface area contributed by atoms with Crippen molar-refractivity contribution in [1.82, 2.24) is 0 Å². The van der Waals surface area contributed by atoms with Gasteiger partial charge in [-0.05, 0) is 37.0 Å². The smallest absolute Gasteiger partial charge is 0.335 e. The van der Waals surface area contributed by atoms with Crippen LogP contribution in [0.1, 0.15) is 75.2 Å². The highest BCUT2D eigenvalue weighted by Gasteiger charge is 2.35. The van der Waals surface area contributed by atoms with Gasteiger partial charge in [0.25, 0.3) is 0 Å². The number of carboxylic acid groups (broad SMARTS) is 1. The van der Waals surface area contributed by atoms with Crippen molar-refractivity contribution < 1.29 is 9.90 Å². The van der Waals surface area contributed by atoms with Gasteiger partial charge >= 0.3 is 5.97 Å². The Balaban J connectivity index is 2.99. The minimum atomic E-state index is -1.01. The van der Waals surface area contributed by atoms with Gasteiger partial charge in [-0.2, -0.15) is 0 Å². The molecule has 0 aliphatic carbocycles. The molecule has 0 fully saturated rings. The molecule has 3 heteroatoms. The normalized spacial score (nSPS) is 11.6. The number of hydrogen-bond donors (Lipinski definition) is 1. The van der Waals surface area contributed by atoms with Crippen LogP contribution in [0.25, 0.3) is 0 Å². The van der Waals surface area contributed by atoms with Crippen LogP contribution < -0.4 is 0 Å². The quantitative estimate of drug-likeness (QED) is 0.454. The number of hydrogen-bond acceptors (Lipinski definition) is 1. The number of unbranched alkanes of at least 4 members (excludes halogenated alkanes) is 3. The minimum absolute atomic E-state index is 0.432. The van der Waals surface area contributed by atoms with E-state index in [0.717, 1.165) is 6.16 Å². The summed E-state index contributed by atoms with van der Waals surface area (Å²) in [6.45, 7) is 6.83. The molecule has 0 saturated heterocycles. The standard InChI is InChI=1S/C20H33O2P/c1-4-7-13-23(14-8-5-2,15-9-6-3)17-18-11-10-12-19(16-18)20(21)22/h10-12,16H,4-9,13-15,17H2,1-3H3/p+1. The first-order chi connectivity index (χ1) is 11.1. The van der Waals surface area contributed by atoms with Crippen molar-refractivity contribution in [2.24, 2.45) is 0 Å². The molecule has 0 aromatic heterocycles. The van der Waals surface area contributed by atoms with Crippen molar-refractivity contribution in [3.63, 3.8) is 0 Å². The highest BCUT2D eigenvalue weighted by molar-refractivity contribution is 7.75. The number of carbonyl (C=O) groups is 1. The number of carboxylic acids is 1. The Morgan fingerprint density at radius 2 is 1.48 bits per heavy atom. The van der Waals surface area contributed by atoms with Gasteiger partial charge in [0, 0.05) is 7.26 Å². The van der Waals surface area contributed by atoms with Crippen molar-refractivity contribution in [1.29, 1.82) is 0 Å². The monoisotopic (exact) mass is 337 g/mol. The van der Waals surface area contributed by atoms with Crippen molar-refractivity contribution in [2.45, 2.75) is 65.5 Å². The molecule has 1 rings (SSSR count). The zero-order valence-electron chi connectivity index (χ0n) is 15.2. The Kier molecular flexibility index (Phi) is 9.48. The predicted octanol–water partition coefficient (Wildman–Crippen LogP) is 6.30. The Labute approximate surface area is 143 Å². The Hall–Kier alpha value is -0.880. The topological polar surface area (TPSA) is 37.3 Å². The molecule has 130 valence electrons. The molecule has 0 aliphatic heterocycles. The lowest BCUT2D eigenvalue weighted by Crippen LogP contribution is -2.12. The molecule has 0 aliphatic rings. The van der Waals surface area contributed by atoms with Crippen LogP contribution in [-0.2, 0) is 6.16 Å². The van der Waals surface area contributed by atoms with Crippen LogP contribution in [-0.4, -0.2) is 29.6 Å². The second-order valence-electron chi connectivity index (χ2n) is 6.74. The van der Waals surface area contributed by atoms with Gasteiger partial charge in [0.05, 0.1) is 30.2 Å². The maximum atomic E-state index is 11.2. The molecule has 23 heavy (non-hydrogen) atoms. The van der Waals surface area contributed by atoms with E-state index in [1.165, 1.54) is 62.6 Å². The van der Waals surface area contributed by atoms with Gasteiger partial charge in [-0.25, -0.2) is 4.79 Å². The SMILES string of the molecule is CCCC[P+](CCCC)(CCCC)Cc1cccc(C(=O)O)c1. The van der Waals surface area contributed by atoms with Crippen LogP contribution in [0.2, 0.25) is 0 Å². The Morgan fingerprint density at radius 1 is 0.957 bits per heavy atom. The molecule has 0 amide bonds. The van der Waals surface area contributed by atoms with E-state index in [9.17, 15) is 9.90 Å². The van der Waals surface area contributed by atoms with E-state index in [4.69, 9.17) is 0 Å². The average Bonchev–Trinajstić information content (AvgIpc) is 2.56. The maximum absolute atomic E-state index is 11.2. The zero-order chi connectivity index (χ0) is 17.1. The molecular formula is C20H34O2P+. The molecule has 0 unspecified atom stereocenters. The molecule has 0 saturated carbocycles. The molecule has 1 aromatic carbocycles. The van der Waals surface area contributed by atoms with E-state index in [2.05, 4.69) is 26.8 Å². The van der Waals surface area contributed by atoms with Crippen LogP contribution >= 0.6 is 7.26 Å². The largest absolute Gasteiger partial charge is 0.478 e. The second kappa shape index (κ2) is 10.8. The van der Waals surface area contributed by atoms with Crippen molar-refractivity contribution in [3.8, 4) is 0 Å². The van der Waals surface area contributed by atoms with Crippen LogP contribution in [0.3, 0.4) is 0 Å². The van der Waals surface area contributed by atoms with E-state index >= 15 is 0 Å². The maximum Gasteiger partial charge on any atom is 0.335 e. The molecule has 0 radical (unpaired) electrons. The van der Waals surface area contributed by atoms with Gasteiger partial charge in [0.1, 0.15) is 0 Å². The van der Waals surface area contributed by atoms with Gasteiger partial charge in [-0.15, -0.1) is 0 Å². The lowest BCUT2D eigenvalue weighted by atomic mass is 10.1. The highest BCUT2D eigenvalue weighted by atomic mass is 31.2. The fraction of sp³-hybridized carbons (Fsp3) is 0.650. The van der Waals surface area contributed by atoms with E-state index in [0.29, 0.717) is 5.56 Å². The van der Waals surface area contributed by atoms with Gasteiger partial charge in [0.15, 0.2) is 0 Å². The Morgan fingerprint density at radius 3 is 1.91 bits per heavy atom. The van der Waals surface area contributed by atoms with E-state index in [1.807, 2.05) is 12.1 Å². The predicted molar refractivity (Wildman–Crippen MR) is 103 cm³/mol. The summed E-state index contributed by atoms with van der Waals surface area (Å²) in [7, 11) is -1.01. The van der Waals surface area contributed by atoms with Crippen molar-refractivity contribution in [3.05, 3.63) is 35.4 Å². The van der Waals surface area contributed by atoms with Gasteiger partial charge in [-0.1, -0.05) is 52.2 Å². The molecule has 0 spiro atoms. The first kappa shape index (κ1) is 20.2. The highest BCUT2D eigenvalue weighted by Crippen LogP contribution is 2.63. The van der Waals surface area contributed by atoms with E-state index < -0.39 is 13.2 Å². The van der Waals surface area contributed by atoms with Gasteiger partial charge in [-0.3, -0.25) is 0 Å². The second-order valence-corrected chi connectivity index (χ2v) is 11.1. The van der Waals surface area contributed by atoms with Gasteiger partial charge in [0.2, 0.25) is 0 Å². The molecule has 0 heterocycles. The third-order valence-electron chi connectivity index (χ3n) is 4.65. The molecule has 0 bridgehead atoms. The molecule has 2 nitrogen and oxygen atoms in total. The molecule has 0 atom stereocenters. The van der Waals surface area contributed by atoms with Crippen molar-refractivity contribution in [2.75, 3.05) is 18.5 Å². The number of rotatable bonds is 12. The molecule has 1 N–H and O–H groups in total. The first-order valence-corrected chi connectivity index (χ1v) is 11.8. The lowest BCUT2D eigenvalue weighted by Gasteiger charge is -2.28. The summed E-state index contributed by atoms with van der Waals surface area (Å²) < 4.78 is 0. The van der Waals surface area contributed by atoms with Crippen LogP contribution in [0.4, 0.5) is 0 Å². The van der Waals surface area contributed by atoms with Crippen molar-refractivity contribution >= 4 is 13.2 Å². The molecule has 1 aromatic rings. The summed E-state index contributed by atoms with van der Waals surface area (Å²) in [5, 5.41) is 9.24. The lowest BCUT2D eigenvalue weighted by molar-refractivity contribution is 0.0697. The zero-order valence-corrected chi connectivity index (χ0v) is 16.1. The summed E-state index contributed by atoms with van der Waals surface area (Å²) in [5.74, 6) is -0.813. The summed E-state index contributed by atoms with van der Waals surface area (Å²) >= 11 is 0. The van der Waals surface area contributed by atoms with Crippen LogP contribution in [0, 0.1) is 0 Å². The fourth-order valence-electron chi connectivity index (χ4n) is 3.24. The van der Waals surface area contributed by atoms with Gasteiger partial charge < -0.3 is 5.11 Å². The third-order valence-corrected chi connectivity index (χ3v) is 9.48. The number of benzene rings is 1. The summed E-state index contributed by atoms with van der Waals surface area (Å²) in [4.78, 5) is 11.2. The summed E-state index contributed by atoms with van der Waals surface area (Å²) in [6, 6.07) is 7.65. The van der Waals surface area contributed by atoms with Crippen LogP contribution in [0.5, 0.6) is 0 Å². The third kappa shape index (κ3) is 7.04. The first-order valence-electron chi connectivity index (χ1n) is 9.24. The molecular weight excluding hydrogens is 303 g/mol. The minimum Gasteiger partial charge on any atom is -0.478 e. The Bertz CT molecular complexity index is 449. The summed E-state index contributed by atoms with van der Waals surface area (Å²) in [6.07, 6.45) is 13.0.